The van der Waals surface area contributed by atoms with Gasteiger partial charge in [0.2, 0.25) is 5.95 Å². The van der Waals surface area contributed by atoms with Gasteiger partial charge in [-0.2, -0.15) is 10.1 Å². The molecule has 0 fully saturated rings. The van der Waals surface area contributed by atoms with Crippen LogP contribution in [-0.2, 0) is 0 Å². The summed E-state index contributed by atoms with van der Waals surface area (Å²) in [6.07, 6.45) is 4.52. The van der Waals surface area contributed by atoms with E-state index in [1.807, 2.05) is 0 Å². The minimum absolute atomic E-state index is 0.185. The van der Waals surface area contributed by atoms with Gasteiger partial charge in [0.15, 0.2) is 5.82 Å². The van der Waals surface area contributed by atoms with Crippen LogP contribution >= 0.6 is 23.2 Å². The molecule has 2 aromatic carbocycles. The number of amides is 2. The Morgan fingerprint density at radius 1 is 1.18 bits per heavy atom. The van der Waals surface area contributed by atoms with Crippen molar-refractivity contribution in [1.82, 2.24) is 25.1 Å². The monoisotopic (exact) mass is 501 g/mol. The van der Waals surface area contributed by atoms with E-state index >= 15 is 0 Å². The number of hydrogen-bond acceptors (Lipinski definition) is 6. The Morgan fingerprint density at radius 3 is 2.79 bits per heavy atom. The second kappa shape index (κ2) is 10.5. The SMILES string of the molecule is O=C(Nc1cnn(-c2ccnc(Nc3ccc(F)cc3Cl)n2)c1)N[C@H](CO)c1cccc(Cl)c1. The Labute approximate surface area is 203 Å². The summed E-state index contributed by atoms with van der Waals surface area (Å²) in [6, 6.07) is 11.2. The highest BCUT2D eigenvalue weighted by Gasteiger charge is 2.15. The van der Waals surface area contributed by atoms with Crippen LogP contribution in [0.5, 0.6) is 0 Å². The average molecular weight is 502 g/mol. The van der Waals surface area contributed by atoms with E-state index in [0.29, 0.717) is 27.8 Å². The predicted molar refractivity (Wildman–Crippen MR) is 127 cm³/mol. The molecule has 0 aliphatic heterocycles. The second-order valence-electron chi connectivity index (χ2n) is 7.05. The first-order valence-corrected chi connectivity index (χ1v) is 10.7. The van der Waals surface area contributed by atoms with E-state index in [9.17, 15) is 14.3 Å². The Morgan fingerprint density at radius 2 is 2.03 bits per heavy atom. The van der Waals surface area contributed by atoms with Gasteiger partial charge < -0.3 is 21.1 Å². The molecule has 2 amide bonds. The summed E-state index contributed by atoms with van der Waals surface area (Å²) in [6.45, 7) is -0.304. The topological polar surface area (TPSA) is 117 Å². The lowest BCUT2D eigenvalue weighted by Crippen LogP contribution is -2.34. The van der Waals surface area contributed by atoms with Crippen molar-refractivity contribution >= 4 is 46.6 Å². The number of hydrogen-bond donors (Lipinski definition) is 4. The zero-order valence-corrected chi connectivity index (χ0v) is 18.9. The van der Waals surface area contributed by atoms with Crippen molar-refractivity contribution in [2.24, 2.45) is 0 Å². The van der Waals surface area contributed by atoms with Gasteiger partial charge in [-0.1, -0.05) is 35.3 Å². The fraction of sp³-hybridized carbons (Fsp3) is 0.0909. The molecule has 0 saturated heterocycles. The maximum atomic E-state index is 13.2. The molecule has 2 aromatic heterocycles. The minimum Gasteiger partial charge on any atom is -0.394 e. The van der Waals surface area contributed by atoms with E-state index in [4.69, 9.17) is 23.2 Å². The van der Waals surface area contributed by atoms with E-state index in [1.54, 1.807) is 36.5 Å². The molecule has 0 saturated carbocycles. The van der Waals surface area contributed by atoms with Crippen LogP contribution in [0.3, 0.4) is 0 Å². The Bertz CT molecular complexity index is 1320. The van der Waals surface area contributed by atoms with Gasteiger partial charge in [-0.25, -0.2) is 18.9 Å². The normalized spacial score (nSPS) is 11.6. The van der Waals surface area contributed by atoms with Gasteiger partial charge in [-0.05, 0) is 35.9 Å². The van der Waals surface area contributed by atoms with Crippen molar-refractivity contribution in [3.63, 3.8) is 0 Å². The molecule has 4 rings (SSSR count). The molecule has 0 unspecified atom stereocenters. The maximum absolute atomic E-state index is 13.2. The van der Waals surface area contributed by atoms with Gasteiger partial charge in [0.1, 0.15) is 5.82 Å². The first-order valence-electron chi connectivity index (χ1n) is 9.95. The molecule has 9 nitrogen and oxygen atoms in total. The molecule has 1 atom stereocenters. The van der Waals surface area contributed by atoms with Crippen LogP contribution in [0.25, 0.3) is 5.82 Å². The number of anilines is 3. The van der Waals surface area contributed by atoms with Gasteiger partial charge in [0, 0.05) is 17.3 Å². The average Bonchev–Trinajstić information content (AvgIpc) is 3.28. The first kappa shape index (κ1) is 23.4. The van der Waals surface area contributed by atoms with Gasteiger partial charge in [-0.3, -0.25) is 0 Å². The number of urea groups is 1. The lowest BCUT2D eigenvalue weighted by molar-refractivity contribution is 0.225. The number of nitrogens with zero attached hydrogens (tertiary/aromatic N) is 4. The number of aliphatic hydroxyl groups excluding tert-OH is 1. The predicted octanol–water partition coefficient (Wildman–Crippen LogP) is 4.71. The van der Waals surface area contributed by atoms with Crippen LogP contribution in [0.2, 0.25) is 10.0 Å². The molecule has 174 valence electrons. The third-order valence-corrected chi connectivity index (χ3v) is 5.18. The van der Waals surface area contributed by atoms with Gasteiger partial charge in [0.25, 0.3) is 0 Å². The van der Waals surface area contributed by atoms with Crippen molar-refractivity contribution in [3.05, 3.63) is 88.5 Å². The summed E-state index contributed by atoms with van der Waals surface area (Å²) in [5, 5.41) is 22.8. The van der Waals surface area contributed by atoms with Crippen LogP contribution in [0.1, 0.15) is 11.6 Å². The lowest BCUT2D eigenvalue weighted by atomic mass is 10.1. The highest BCUT2D eigenvalue weighted by molar-refractivity contribution is 6.33. The van der Waals surface area contributed by atoms with Crippen molar-refractivity contribution in [2.45, 2.75) is 6.04 Å². The number of aliphatic hydroxyl groups is 1. The molecule has 4 N–H and O–H groups in total. The number of carbonyl (C=O) groups is 1. The fourth-order valence-corrected chi connectivity index (χ4v) is 3.46. The summed E-state index contributed by atoms with van der Waals surface area (Å²) in [5.74, 6) is 0.182. The number of halogens is 3. The lowest BCUT2D eigenvalue weighted by Gasteiger charge is -2.17. The molecule has 0 aliphatic carbocycles. The van der Waals surface area contributed by atoms with Gasteiger partial charge >= 0.3 is 6.03 Å². The Hall–Kier alpha value is -3.73. The van der Waals surface area contributed by atoms with E-state index in [2.05, 4.69) is 31.0 Å². The number of carbonyl (C=O) groups excluding carboxylic acids is 1. The molecular formula is C22H18Cl2FN7O2. The van der Waals surface area contributed by atoms with Crippen LogP contribution in [0, 0.1) is 5.82 Å². The first-order chi connectivity index (χ1) is 16.4. The second-order valence-corrected chi connectivity index (χ2v) is 7.89. The summed E-state index contributed by atoms with van der Waals surface area (Å²) in [5.41, 5.74) is 1.51. The number of nitrogens with one attached hydrogen (secondary N) is 3. The zero-order chi connectivity index (χ0) is 24.1. The number of aromatic nitrogens is 4. The Balaban J connectivity index is 1.43. The number of rotatable bonds is 7. The molecule has 0 aliphatic rings. The van der Waals surface area contributed by atoms with E-state index < -0.39 is 17.9 Å². The van der Waals surface area contributed by atoms with Crippen molar-refractivity contribution < 1.29 is 14.3 Å². The van der Waals surface area contributed by atoms with Crippen LogP contribution in [0.4, 0.5) is 26.5 Å². The maximum Gasteiger partial charge on any atom is 0.319 e. The van der Waals surface area contributed by atoms with E-state index in [1.165, 1.54) is 35.3 Å². The van der Waals surface area contributed by atoms with Crippen molar-refractivity contribution in [2.75, 3.05) is 17.2 Å². The third-order valence-electron chi connectivity index (χ3n) is 4.63. The molecular weight excluding hydrogens is 484 g/mol. The summed E-state index contributed by atoms with van der Waals surface area (Å²) in [4.78, 5) is 20.9. The van der Waals surface area contributed by atoms with Crippen LogP contribution in [0.15, 0.2) is 67.1 Å². The molecule has 12 heteroatoms. The van der Waals surface area contributed by atoms with Crippen LogP contribution in [-0.4, -0.2) is 37.5 Å². The van der Waals surface area contributed by atoms with Crippen LogP contribution < -0.4 is 16.0 Å². The highest BCUT2D eigenvalue weighted by atomic mass is 35.5. The molecule has 0 bridgehead atoms. The highest BCUT2D eigenvalue weighted by Crippen LogP contribution is 2.25. The Kier molecular flexibility index (Phi) is 7.21. The summed E-state index contributed by atoms with van der Waals surface area (Å²) < 4.78 is 14.7. The van der Waals surface area contributed by atoms with Gasteiger partial charge in [0.05, 0.1) is 41.4 Å². The molecule has 34 heavy (non-hydrogen) atoms. The summed E-state index contributed by atoms with van der Waals surface area (Å²) >= 11 is 12.0. The molecule has 0 radical (unpaired) electrons. The van der Waals surface area contributed by atoms with Crippen molar-refractivity contribution in [3.8, 4) is 5.82 Å². The zero-order valence-electron chi connectivity index (χ0n) is 17.4. The molecule has 2 heterocycles. The summed E-state index contributed by atoms with van der Waals surface area (Å²) in [7, 11) is 0. The molecule has 0 spiro atoms. The quantitative estimate of drug-likeness (QED) is 0.291. The third kappa shape index (κ3) is 5.79. The number of benzene rings is 2. The fourth-order valence-electron chi connectivity index (χ4n) is 3.04. The van der Waals surface area contributed by atoms with Gasteiger partial charge in [-0.15, -0.1) is 0 Å². The van der Waals surface area contributed by atoms with Crippen molar-refractivity contribution in [1.29, 1.82) is 0 Å². The standard InChI is InChI=1S/C22H18Cl2FN7O2/c23-14-3-1-2-13(8-14)19(12-33)30-22(34)28-16-10-27-32(11-16)20-6-7-26-21(31-20)29-18-5-4-15(25)9-17(18)24/h1-11,19,33H,12H2,(H,26,29,31)(H2,28,30,34)/t19-/m1/s1. The van der Waals surface area contributed by atoms with E-state index in [-0.39, 0.29) is 17.6 Å². The molecule has 4 aromatic rings. The minimum atomic E-state index is -0.637. The largest absolute Gasteiger partial charge is 0.394 e. The van der Waals surface area contributed by atoms with E-state index in [0.717, 1.165) is 0 Å². The smallest absolute Gasteiger partial charge is 0.319 e.